The highest BCUT2D eigenvalue weighted by Crippen LogP contribution is 2.09. The minimum Gasteiger partial charge on any atom is -0.466 e. The number of oxime groups is 1. The van der Waals surface area contributed by atoms with Crippen molar-refractivity contribution in [3.05, 3.63) is 11.8 Å². The highest BCUT2D eigenvalue weighted by Gasteiger charge is 2.27. The number of ether oxygens (including phenoxy) is 4. The van der Waals surface area contributed by atoms with Crippen LogP contribution in [0.1, 0.15) is 34.1 Å². The molecule has 12 heteroatoms. The van der Waals surface area contributed by atoms with Crippen LogP contribution in [-0.4, -0.2) is 92.5 Å². The lowest BCUT2D eigenvalue weighted by atomic mass is 10.2. The van der Waals surface area contributed by atoms with Gasteiger partial charge in [0.2, 0.25) is 11.7 Å². The van der Waals surface area contributed by atoms with E-state index in [1.54, 1.807) is 27.7 Å². The average Bonchev–Trinajstić information content (AvgIpc) is 2.75. The second kappa shape index (κ2) is 14.4. The van der Waals surface area contributed by atoms with Gasteiger partial charge in [0.05, 0.1) is 45.2 Å². The van der Waals surface area contributed by atoms with Crippen molar-refractivity contribution in [3.63, 3.8) is 0 Å². The number of esters is 2. The summed E-state index contributed by atoms with van der Waals surface area (Å²) in [5, 5.41) is 13.3. The highest BCUT2D eigenvalue weighted by atomic mass is 16.7. The predicted molar refractivity (Wildman–Crippen MR) is 114 cm³/mol. The Hall–Kier alpha value is -2.70. The van der Waals surface area contributed by atoms with Gasteiger partial charge in [-0.25, -0.2) is 9.59 Å². The Labute approximate surface area is 188 Å². The number of carbonyl (C=O) groups is 3. The minimum atomic E-state index is -0.992. The zero-order chi connectivity index (χ0) is 24.9. The number of hydrogen-bond acceptors (Lipinski definition) is 10. The van der Waals surface area contributed by atoms with Crippen LogP contribution in [0.15, 0.2) is 17.0 Å². The highest BCUT2D eigenvalue weighted by molar-refractivity contribution is 5.95. The number of hydrogen-bond donors (Lipinski definition) is 2. The maximum atomic E-state index is 12.6. The number of nitrogens with two attached hydrogens (primary N) is 1. The predicted octanol–water partition coefficient (Wildman–Crippen LogP) is -0.0653. The molecule has 0 saturated heterocycles. The van der Waals surface area contributed by atoms with E-state index >= 15 is 0 Å². The van der Waals surface area contributed by atoms with Crippen LogP contribution in [0.5, 0.6) is 0 Å². The molecule has 0 aliphatic heterocycles. The number of amides is 1. The summed E-state index contributed by atoms with van der Waals surface area (Å²) in [7, 11) is 3.66. The zero-order valence-corrected chi connectivity index (χ0v) is 19.7. The first-order valence-electron chi connectivity index (χ1n) is 9.89. The van der Waals surface area contributed by atoms with Gasteiger partial charge in [-0.15, -0.1) is 0 Å². The number of aliphatic hydroxyl groups excluding tert-OH is 1. The third-order valence-electron chi connectivity index (χ3n) is 3.97. The summed E-state index contributed by atoms with van der Waals surface area (Å²) in [4.78, 5) is 42.0. The summed E-state index contributed by atoms with van der Waals surface area (Å²) in [6, 6.07) is -0.924. The summed E-state index contributed by atoms with van der Waals surface area (Å²) in [6.45, 7) is 6.86. The maximum absolute atomic E-state index is 12.6. The lowest BCUT2D eigenvalue weighted by molar-refractivity contribution is -0.142. The van der Waals surface area contributed by atoms with Gasteiger partial charge in [0.1, 0.15) is 12.6 Å². The Kier molecular flexibility index (Phi) is 13.2. The first-order chi connectivity index (χ1) is 14.9. The molecule has 0 heterocycles. The Morgan fingerprint density at radius 1 is 1.16 bits per heavy atom. The van der Waals surface area contributed by atoms with E-state index in [4.69, 9.17) is 20.0 Å². The number of amidine groups is 1. The molecule has 0 saturated carbocycles. The van der Waals surface area contributed by atoms with E-state index in [1.165, 1.54) is 11.9 Å². The van der Waals surface area contributed by atoms with Gasteiger partial charge in [0.25, 0.3) is 0 Å². The van der Waals surface area contributed by atoms with Crippen molar-refractivity contribution in [2.75, 3.05) is 41.1 Å². The third kappa shape index (κ3) is 11.6. The number of nitrogens with zero attached hydrogens (tertiary/aromatic N) is 2. The molecule has 2 atom stereocenters. The van der Waals surface area contributed by atoms with Gasteiger partial charge in [-0.1, -0.05) is 12.1 Å². The minimum absolute atomic E-state index is 0.0112. The van der Waals surface area contributed by atoms with Crippen molar-refractivity contribution in [2.24, 2.45) is 10.9 Å². The molecule has 0 aromatic rings. The number of aliphatic hydroxyl groups is 1. The van der Waals surface area contributed by atoms with Crippen molar-refractivity contribution in [1.82, 2.24) is 4.90 Å². The normalized spacial score (nSPS) is 14.4. The molecule has 184 valence electrons. The smallest absolute Gasteiger partial charge is 0.377 e. The van der Waals surface area contributed by atoms with Gasteiger partial charge >= 0.3 is 11.9 Å². The molecule has 0 aromatic heterocycles. The molecular weight excluding hydrogens is 426 g/mol. The van der Waals surface area contributed by atoms with E-state index in [9.17, 15) is 19.5 Å². The van der Waals surface area contributed by atoms with Crippen molar-refractivity contribution < 1.29 is 43.3 Å². The van der Waals surface area contributed by atoms with Gasteiger partial charge in [0, 0.05) is 7.05 Å². The summed E-state index contributed by atoms with van der Waals surface area (Å²) < 4.78 is 19.9. The van der Waals surface area contributed by atoms with E-state index in [0.29, 0.717) is 6.42 Å². The SMILES string of the molecule is CCC(O)COCC(/C(N)=N/O/C(=C/C(=O)OC)C(=O)OC)N(C)C(=O)COC(C)(C)C. The van der Waals surface area contributed by atoms with E-state index in [1.807, 2.05) is 0 Å². The van der Waals surface area contributed by atoms with Crippen LogP contribution in [0.2, 0.25) is 0 Å². The molecule has 2 unspecified atom stereocenters. The maximum Gasteiger partial charge on any atom is 0.377 e. The van der Waals surface area contributed by atoms with Crippen LogP contribution in [-0.2, 0) is 38.2 Å². The summed E-state index contributed by atoms with van der Waals surface area (Å²) >= 11 is 0. The standard InChI is InChI=1S/C20H35N3O9/c1-8-13(24)10-30-11-14(23(5)16(25)12-31-20(2,3)4)18(21)22-32-15(19(27)29-7)9-17(26)28-6/h9,13-14,24H,8,10-12H2,1-7H3,(H2,21,22)/b15-9+. The summed E-state index contributed by atoms with van der Waals surface area (Å²) in [6.07, 6.45) is 0.522. The molecule has 32 heavy (non-hydrogen) atoms. The quantitative estimate of drug-likeness (QED) is 0.0949. The molecule has 0 bridgehead atoms. The molecule has 0 aliphatic carbocycles. The monoisotopic (exact) mass is 461 g/mol. The number of rotatable bonds is 13. The summed E-state index contributed by atoms with van der Waals surface area (Å²) in [5.74, 6) is -3.09. The lowest BCUT2D eigenvalue weighted by Gasteiger charge is -2.29. The van der Waals surface area contributed by atoms with Crippen molar-refractivity contribution in [1.29, 1.82) is 0 Å². The molecule has 0 rings (SSSR count). The van der Waals surface area contributed by atoms with Crippen LogP contribution in [0.4, 0.5) is 0 Å². The second-order valence-electron chi connectivity index (χ2n) is 7.65. The number of carbonyl (C=O) groups excluding carboxylic acids is 3. The number of methoxy groups -OCH3 is 2. The topological polar surface area (TPSA) is 159 Å². The molecular formula is C20H35N3O9. The number of likely N-dealkylation sites (N-methyl/N-ethyl adjacent to an activating group) is 1. The Morgan fingerprint density at radius 3 is 2.28 bits per heavy atom. The zero-order valence-electron chi connectivity index (χ0n) is 19.7. The molecule has 0 fully saturated rings. The van der Waals surface area contributed by atoms with Crippen molar-refractivity contribution >= 4 is 23.7 Å². The molecule has 0 aromatic carbocycles. The van der Waals surface area contributed by atoms with E-state index in [0.717, 1.165) is 20.3 Å². The van der Waals surface area contributed by atoms with Gasteiger partial charge in [-0.2, -0.15) is 0 Å². The van der Waals surface area contributed by atoms with Gasteiger partial charge in [-0.3, -0.25) is 4.79 Å². The Bertz CT molecular complexity index is 686. The fourth-order valence-corrected chi connectivity index (χ4v) is 1.93. The van der Waals surface area contributed by atoms with Crippen molar-refractivity contribution in [3.8, 4) is 0 Å². The lowest BCUT2D eigenvalue weighted by Crippen LogP contribution is -2.50. The van der Waals surface area contributed by atoms with Crippen molar-refractivity contribution in [2.45, 2.75) is 51.9 Å². The van der Waals surface area contributed by atoms with E-state index < -0.39 is 41.4 Å². The van der Waals surface area contributed by atoms with Gasteiger partial charge < -0.3 is 39.5 Å². The summed E-state index contributed by atoms with van der Waals surface area (Å²) in [5.41, 5.74) is 5.46. The Morgan fingerprint density at radius 2 is 1.78 bits per heavy atom. The fourth-order valence-electron chi connectivity index (χ4n) is 1.93. The molecule has 3 N–H and O–H groups in total. The van der Waals surface area contributed by atoms with Crippen LogP contribution in [0.3, 0.4) is 0 Å². The first-order valence-corrected chi connectivity index (χ1v) is 9.89. The van der Waals surface area contributed by atoms with Crippen LogP contribution < -0.4 is 5.73 Å². The fraction of sp³-hybridized carbons (Fsp3) is 0.700. The first kappa shape index (κ1) is 29.3. The molecule has 12 nitrogen and oxygen atoms in total. The Balaban J connectivity index is 5.59. The molecule has 1 amide bonds. The molecule has 0 aliphatic rings. The van der Waals surface area contributed by atoms with Crippen LogP contribution in [0, 0.1) is 0 Å². The third-order valence-corrected chi connectivity index (χ3v) is 3.97. The van der Waals surface area contributed by atoms with Crippen LogP contribution in [0.25, 0.3) is 0 Å². The van der Waals surface area contributed by atoms with E-state index in [2.05, 4.69) is 14.6 Å². The molecule has 0 spiro atoms. The average molecular weight is 462 g/mol. The van der Waals surface area contributed by atoms with Gasteiger partial charge in [-0.05, 0) is 27.2 Å². The largest absolute Gasteiger partial charge is 0.466 e. The van der Waals surface area contributed by atoms with E-state index in [-0.39, 0.29) is 25.7 Å². The second-order valence-corrected chi connectivity index (χ2v) is 7.65. The van der Waals surface area contributed by atoms with Crippen LogP contribution >= 0.6 is 0 Å². The van der Waals surface area contributed by atoms with Gasteiger partial charge in [0.15, 0.2) is 5.84 Å². The molecule has 0 radical (unpaired) electrons.